The molecule has 0 N–H and O–H groups in total. The van der Waals surface area contributed by atoms with Crippen LogP contribution in [0, 0.1) is 11.8 Å². The number of hydrogen-bond acceptors (Lipinski definition) is 0. The van der Waals surface area contributed by atoms with E-state index in [1.54, 1.807) is 0 Å². The SMILES string of the molecule is CC1C=[N+](C(C)(C)C)CC(C)C1. The normalized spacial score (nSPS) is 31.6. The fourth-order valence-electron chi connectivity index (χ4n) is 1.97. The average Bonchev–Trinajstić information content (AvgIpc) is 1.82. The molecule has 1 nitrogen and oxygen atoms in total. The average molecular weight is 168 g/mol. The zero-order valence-electron chi connectivity index (χ0n) is 9.09. The van der Waals surface area contributed by atoms with Crippen molar-refractivity contribution in [3.05, 3.63) is 0 Å². The van der Waals surface area contributed by atoms with Gasteiger partial charge >= 0.3 is 0 Å². The van der Waals surface area contributed by atoms with Crippen molar-refractivity contribution in [3.8, 4) is 0 Å². The first-order chi connectivity index (χ1) is 5.39. The Hall–Kier alpha value is -0.330. The van der Waals surface area contributed by atoms with Gasteiger partial charge < -0.3 is 0 Å². The van der Waals surface area contributed by atoms with Crippen molar-refractivity contribution in [2.24, 2.45) is 11.8 Å². The van der Waals surface area contributed by atoms with Gasteiger partial charge in [-0.15, -0.1) is 0 Å². The zero-order chi connectivity index (χ0) is 9.35. The number of rotatable bonds is 0. The van der Waals surface area contributed by atoms with Crippen molar-refractivity contribution in [3.63, 3.8) is 0 Å². The molecular weight excluding hydrogens is 146 g/mol. The van der Waals surface area contributed by atoms with Crippen molar-refractivity contribution in [1.29, 1.82) is 0 Å². The van der Waals surface area contributed by atoms with Crippen molar-refractivity contribution in [2.75, 3.05) is 6.54 Å². The van der Waals surface area contributed by atoms with Crippen LogP contribution in [-0.4, -0.2) is 22.9 Å². The van der Waals surface area contributed by atoms with Gasteiger partial charge in [-0.05, 0) is 27.2 Å². The van der Waals surface area contributed by atoms with Gasteiger partial charge in [0, 0.05) is 11.8 Å². The van der Waals surface area contributed by atoms with E-state index in [1.807, 2.05) is 0 Å². The van der Waals surface area contributed by atoms with E-state index in [-0.39, 0.29) is 0 Å². The lowest BCUT2D eigenvalue weighted by molar-refractivity contribution is -0.604. The third-order valence-corrected chi connectivity index (χ3v) is 2.58. The molecule has 0 saturated carbocycles. The molecule has 0 aromatic rings. The van der Waals surface area contributed by atoms with Gasteiger partial charge in [0.1, 0.15) is 12.8 Å². The quantitative estimate of drug-likeness (QED) is 0.489. The Balaban J connectivity index is 2.77. The molecule has 1 heterocycles. The molecule has 0 spiro atoms. The maximum Gasteiger partial charge on any atom is 0.153 e. The molecule has 1 heteroatoms. The smallest absolute Gasteiger partial charge is 0.153 e. The number of hydrogen-bond donors (Lipinski definition) is 0. The molecule has 2 atom stereocenters. The molecule has 0 aromatic carbocycles. The summed E-state index contributed by atoms with van der Waals surface area (Å²) in [6.07, 6.45) is 3.76. The molecule has 1 rings (SSSR count). The standard InChI is InChI=1S/C11H22N/c1-9-6-10(2)8-12(7-9)11(3,4)5/h7,9-10H,6,8H2,1-5H3/q+1. The van der Waals surface area contributed by atoms with E-state index in [0.29, 0.717) is 5.54 Å². The van der Waals surface area contributed by atoms with E-state index < -0.39 is 0 Å². The Morgan fingerprint density at radius 3 is 2.25 bits per heavy atom. The van der Waals surface area contributed by atoms with Crippen LogP contribution in [0.2, 0.25) is 0 Å². The van der Waals surface area contributed by atoms with Crippen LogP contribution in [0.25, 0.3) is 0 Å². The fraction of sp³-hybridized carbons (Fsp3) is 0.909. The summed E-state index contributed by atoms with van der Waals surface area (Å²) in [5, 5.41) is 0. The van der Waals surface area contributed by atoms with Gasteiger partial charge in [0.15, 0.2) is 5.54 Å². The van der Waals surface area contributed by atoms with E-state index >= 15 is 0 Å². The minimum absolute atomic E-state index is 0.308. The van der Waals surface area contributed by atoms with E-state index in [1.165, 1.54) is 13.0 Å². The first-order valence-corrected chi connectivity index (χ1v) is 5.01. The second-order valence-corrected chi connectivity index (χ2v) is 5.29. The van der Waals surface area contributed by atoms with Crippen molar-refractivity contribution >= 4 is 6.21 Å². The molecule has 0 aromatic heterocycles. The maximum atomic E-state index is 2.49. The topological polar surface area (TPSA) is 3.01 Å². The second kappa shape index (κ2) is 3.20. The molecular formula is C11H22N+. The summed E-state index contributed by atoms with van der Waals surface area (Å²) in [4.78, 5) is 0. The van der Waals surface area contributed by atoms with E-state index in [0.717, 1.165) is 11.8 Å². The van der Waals surface area contributed by atoms with Gasteiger partial charge in [-0.1, -0.05) is 13.8 Å². The Kier molecular flexibility index (Phi) is 2.60. The third kappa shape index (κ3) is 2.33. The zero-order valence-corrected chi connectivity index (χ0v) is 9.09. The molecule has 0 radical (unpaired) electrons. The summed E-state index contributed by atoms with van der Waals surface area (Å²) in [5.41, 5.74) is 0.308. The maximum absolute atomic E-state index is 2.49. The highest BCUT2D eigenvalue weighted by molar-refractivity contribution is 5.55. The minimum Gasteiger partial charge on any atom is -0.235 e. The van der Waals surface area contributed by atoms with Crippen LogP contribution >= 0.6 is 0 Å². The molecule has 0 fully saturated rings. The lowest BCUT2D eigenvalue weighted by atomic mass is 9.92. The molecule has 70 valence electrons. The first kappa shape index (κ1) is 9.76. The monoisotopic (exact) mass is 168 g/mol. The van der Waals surface area contributed by atoms with Gasteiger partial charge in [-0.3, -0.25) is 0 Å². The van der Waals surface area contributed by atoms with Gasteiger partial charge in [0.25, 0.3) is 0 Å². The largest absolute Gasteiger partial charge is 0.235 e. The highest BCUT2D eigenvalue weighted by atomic mass is 15.1. The minimum atomic E-state index is 0.308. The predicted molar refractivity (Wildman–Crippen MR) is 53.9 cm³/mol. The lowest BCUT2D eigenvalue weighted by Gasteiger charge is -2.26. The summed E-state index contributed by atoms with van der Waals surface area (Å²) in [5.74, 6) is 1.61. The molecule has 12 heavy (non-hydrogen) atoms. The number of nitrogens with zero attached hydrogens (tertiary/aromatic N) is 1. The van der Waals surface area contributed by atoms with Crippen LogP contribution in [0.15, 0.2) is 0 Å². The van der Waals surface area contributed by atoms with Crippen LogP contribution in [0.1, 0.15) is 41.0 Å². The van der Waals surface area contributed by atoms with Crippen molar-refractivity contribution < 1.29 is 4.58 Å². The van der Waals surface area contributed by atoms with Crippen LogP contribution in [-0.2, 0) is 0 Å². The van der Waals surface area contributed by atoms with E-state index in [4.69, 9.17) is 0 Å². The fourth-order valence-corrected chi connectivity index (χ4v) is 1.97. The molecule has 0 amide bonds. The summed E-state index contributed by atoms with van der Waals surface area (Å²) >= 11 is 0. The van der Waals surface area contributed by atoms with Crippen LogP contribution < -0.4 is 0 Å². The van der Waals surface area contributed by atoms with Crippen molar-refractivity contribution in [1.82, 2.24) is 0 Å². The summed E-state index contributed by atoms with van der Waals surface area (Å²) < 4.78 is 2.49. The van der Waals surface area contributed by atoms with Crippen LogP contribution in [0.4, 0.5) is 0 Å². The molecule has 0 aliphatic carbocycles. The molecule has 1 aliphatic rings. The Morgan fingerprint density at radius 1 is 1.25 bits per heavy atom. The van der Waals surface area contributed by atoms with Crippen molar-refractivity contribution in [2.45, 2.75) is 46.6 Å². The molecule has 2 unspecified atom stereocenters. The molecule has 1 aliphatic heterocycles. The molecule has 0 bridgehead atoms. The van der Waals surface area contributed by atoms with E-state index in [9.17, 15) is 0 Å². The predicted octanol–water partition coefficient (Wildman–Crippen LogP) is 2.54. The Labute approximate surface area is 76.5 Å². The summed E-state index contributed by atoms with van der Waals surface area (Å²) in [6, 6.07) is 0. The first-order valence-electron chi connectivity index (χ1n) is 5.01. The Morgan fingerprint density at radius 2 is 1.83 bits per heavy atom. The van der Waals surface area contributed by atoms with Gasteiger partial charge in [-0.25, -0.2) is 4.58 Å². The lowest BCUT2D eigenvalue weighted by Crippen LogP contribution is -2.41. The molecule has 0 saturated heterocycles. The summed E-state index contributed by atoms with van der Waals surface area (Å²) in [7, 11) is 0. The highest BCUT2D eigenvalue weighted by Crippen LogP contribution is 2.19. The van der Waals surface area contributed by atoms with Crippen LogP contribution in [0.5, 0.6) is 0 Å². The van der Waals surface area contributed by atoms with Gasteiger partial charge in [0.2, 0.25) is 0 Å². The highest BCUT2D eigenvalue weighted by Gasteiger charge is 2.30. The summed E-state index contributed by atoms with van der Waals surface area (Å²) in [6.45, 7) is 12.8. The van der Waals surface area contributed by atoms with Gasteiger partial charge in [-0.2, -0.15) is 0 Å². The second-order valence-electron chi connectivity index (χ2n) is 5.29. The Bertz CT molecular complexity index is 186. The van der Waals surface area contributed by atoms with E-state index in [2.05, 4.69) is 45.4 Å². The van der Waals surface area contributed by atoms with Gasteiger partial charge in [0.05, 0.1) is 0 Å². The third-order valence-electron chi connectivity index (χ3n) is 2.58. The van der Waals surface area contributed by atoms with Crippen LogP contribution in [0.3, 0.4) is 0 Å².